The molecule has 0 saturated carbocycles. The Morgan fingerprint density at radius 2 is 2.16 bits per heavy atom. The number of likely N-dealkylation sites (N-methyl/N-ethyl adjacent to an activating group) is 1. The van der Waals surface area contributed by atoms with E-state index in [2.05, 4.69) is 36.0 Å². The van der Waals surface area contributed by atoms with E-state index in [1.807, 2.05) is 12.1 Å². The molecule has 19 heavy (non-hydrogen) atoms. The van der Waals surface area contributed by atoms with E-state index in [0.29, 0.717) is 6.04 Å². The predicted molar refractivity (Wildman–Crippen MR) is 78.1 cm³/mol. The highest BCUT2D eigenvalue weighted by atomic mass is 19.1. The molecule has 0 amide bonds. The quantitative estimate of drug-likeness (QED) is 0.899. The van der Waals surface area contributed by atoms with E-state index in [-0.39, 0.29) is 5.82 Å². The summed E-state index contributed by atoms with van der Waals surface area (Å²) in [6.07, 6.45) is 0. The first kappa shape index (κ1) is 14.3. The lowest BCUT2D eigenvalue weighted by Gasteiger charge is -2.39. The van der Waals surface area contributed by atoms with Gasteiger partial charge >= 0.3 is 0 Å². The van der Waals surface area contributed by atoms with Crippen LogP contribution in [0.3, 0.4) is 0 Å². The maximum Gasteiger partial charge on any atom is 0.146 e. The zero-order valence-electron chi connectivity index (χ0n) is 12.1. The number of rotatable bonds is 4. The summed E-state index contributed by atoms with van der Waals surface area (Å²) in [4.78, 5) is 4.46. The molecule has 0 aromatic heterocycles. The van der Waals surface area contributed by atoms with Crippen molar-refractivity contribution >= 4 is 5.69 Å². The van der Waals surface area contributed by atoms with Gasteiger partial charge < -0.3 is 15.1 Å². The van der Waals surface area contributed by atoms with E-state index in [9.17, 15) is 4.39 Å². The highest BCUT2D eigenvalue weighted by Gasteiger charge is 2.22. The van der Waals surface area contributed by atoms with Crippen molar-refractivity contribution in [3.8, 4) is 0 Å². The fourth-order valence-corrected chi connectivity index (χ4v) is 2.45. The van der Waals surface area contributed by atoms with Crippen LogP contribution in [0.4, 0.5) is 10.1 Å². The van der Waals surface area contributed by atoms with Crippen LogP contribution in [0, 0.1) is 5.82 Å². The van der Waals surface area contributed by atoms with Gasteiger partial charge in [-0.25, -0.2) is 4.39 Å². The van der Waals surface area contributed by atoms with E-state index in [4.69, 9.17) is 0 Å². The molecule has 0 bridgehead atoms. The van der Waals surface area contributed by atoms with E-state index in [1.54, 1.807) is 6.07 Å². The lowest BCUT2D eigenvalue weighted by atomic mass is 10.1. The molecule has 1 N–H and O–H groups in total. The Kier molecular flexibility index (Phi) is 4.77. The van der Waals surface area contributed by atoms with E-state index < -0.39 is 0 Å². The van der Waals surface area contributed by atoms with Gasteiger partial charge in [0.05, 0.1) is 5.69 Å². The molecule has 1 heterocycles. The number of benzene rings is 1. The van der Waals surface area contributed by atoms with Crippen LogP contribution in [0.15, 0.2) is 18.2 Å². The van der Waals surface area contributed by atoms with Gasteiger partial charge in [-0.3, -0.25) is 0 Å². The van der Waals surface area contributed by atoms with E-state index in [0.717, 1.165) is 44.0 Å². The second-order valence-electron chi connectivity index (χ2n) is 5.34. The number of anilines is 1. The van der Waals surface area contributed by atoms with Gasteiger partial charge in [-0.15, -0.1) is 0 Å². The number of nitrogens with zero attached hydrogens (tertiary/aromatic N) is 2. The van der Waals surface area contributed by atoms with Crippen LogP contribution >= 0.6 is 0 Å². The summed E-state index contributed by atoms with van der Waals surface area (Å²) < 4.78 is 14.2. The first-order chi connectivity index (χ1) is 9.11. The SMILES string of the molecule is CCNCc1ccc(N2CCN(C)C(C)C2)c(F)c1. The second kappa shape index (κ2) is 6.35. The number of piperazine rings is 1. The summed E-state index contributed by atoms with van der Waals surface area (Å²) in [6.45, 7) is 8.64. The van der Waals surface area contributed by atoms with Crippen molar-refractivity contribution in [3.05, 3.63) is 29.6 Å². The molecule has 1 aromatic rings. The summed E-state index contributed by atoms with van der Waals surface area (Å²) in [7, 11) is 2.12. The van der Waals surface area contributed by atoms with Gasteiger partial charge in [0.25, 0.3) is 0 Å². The zero-order chi connectivity index (χ0) is 13.8. The van der Waals surface area contributed by atoms with Crippen molar-refractivity contribution in [2.45, 2.75) is 26.4 Å². The Balaban J connectivity index is 2.08. The highest BCUT2D eigenvalue weighted by molar-refractivity contribution is 5.49. The maximum atomic E-state index is 14.2. The average Bonchev–Trinajstić information content (AvgIpc) is 2.40. The predicted octanol–water partition coefficient (Wildman–Crippen LogP) is 2.08. The third-order valence-corrected chi connectivity index (χ3v) is 3.89. The van der Waals surface area contributed by atoms with Gasteiger partial charge in [-0.1, -0.05) is 13.0 Å². The Hall–Kier alpha value is -1.13. The Morgan fingerprint density at radius 3 is 2.79 bits per heavy atom. The third-order valence-electron chi connectivity index (χ3n) is 3.89. The average molecular weight is 265 g/mol. The summed E-state index contributed by atoms with van der Waals surface area (Å²) >= 11 is 0. The Morgan fingerprint density at radius 1 is 1.37 bits per heavy atom. The van der Waals surface area contributed by atoms with Crippen LogP contribution < -0.4 is 10.2 Å². The summed E-state index contributed by atoms with van der Waals surface area (Å²) in [6, 6.07) is 6.06. The van der Waals surface area contributed by atoms with Gasteiger partial charge in [0.15, 0.2) is 0 Å². The summed E-state index contributed by atoms with van der Waals surface area (Å²) in [5.74, 6) is -0.104. The molecule has 1 aliphatic heterocycles. The van der Waals surface area contributed by atoms with Crippen LogP contribution in [0.2, 0.25) is 0 Å². The largest absolute Gasteiger partial charge is 0.366 e. The highest BCUT2D eigenvalue weighted by Crippen LogP contribution is 2.23. The van der Waals surface area contributed by atoms with Gasteiger partial charge in [-0.2, -0.15) is 0 Å². The number of nitrogens with one attached hydrogen (secondary N) is 1. The van der Waals surface area contributed by atoms with Crippen molar-refractivity contribution in [2.75, 3.05) is 38.1 Å². The fourth-order valence-electron chi connectivity index (χ4n) is 2.45. The molecule has 1 aromatic carbocycles. The van der Waals surface area contributed by atoms with Crippen LogP contribution in [-0.4, -0.2) is 44.2 Å². The molecule has 4 heteroatoms. The second-order valence-corrected chi connectivity index (χ2v) is 5.34. The summed E-state index contributed by atoms with van der Waals surface area (Å²) in [5.41, 5.74) is 1.74. The smallest absolute Gasteiger partial charge is 0.146 e. The monoisotopic (exact) mass is 265 g/mol. The van der Waals surface area contributed by atoms with Crippen molar-refractivity contribution in [3.63, 3.8) is 0 Å². The molecule has 2 rings (SSSR count). The van der Waals surface area contributed by atoms with Crippen LogP contribution in [-0.2, 0) is 6.54 Å². The van der Waals surface area contributed by atoms with Gasteiger partial charge in [0.1, 0.15) is 5.82 Å². The van der Waals surface area contributed by atoms with Gasteiger partial charge in [0, 0.05) is 32.2 Å². The van der Waals surface area contributed by atoms with Crippen LogP contribution in [0.1, 0.15) is 19.4 Å². The van der Waals surface area contributed by atoms with Crippen LogP contribution in [0.5, 0.6) is 0 Å². The molecule has 1 atom stereocenters. The topological polar surface area (TPSA) is 18.5 Å². The Bertz CT molecular complexity index is 422. The minimum Gasteiger partial charge on any atom is -0.366 e. The van der Waals surface area contributed by atoms with Crippen molar-refractivity contribution in [1.29, 1.82) is 0 Å². The lowest BCUT2D eigenvalue weighted by molar-refractivity contribution is 0.233. The molecule has 3 nitrogen and oxygen atoms in total. The molecule has 1 aliphatic rings. The maximum absolute atomic E-state index is 14.2. The molecule has 0 radical (unpaired) electrons. The normalized spacial score (nSPS) is 20.8. The summed E-state index contributed by atoms with van der Waals surface area (Å²) in [5, 5.41) is 3.22. The third kappa shape index (κ3) is 3.45. The molecular weight excluding hydrogens is 241 g/mol. The molecule has 0 spiro atoms. The van der Waals surface area contributed by atoms with Crippen molar-refractivity contribution in [2.24, 2.45) is 0 Å². The lowest BCUT2D eigenvalue weighted by Crippen LogP contribution is -2.50. The number of halogens is 1. The molecule has 0 aliphatic carbocycles. The zero-order valence-corrected chi connectivity index (χ0v) is 12.1. The Labute approximate surface area is 115 Å². The van der Waals surface area contributed by atoms with Gasteiger partial charge in [-0.05, 0) is 38.2 Å². The van der Waals surface area contributed by atoms with Crippen molar-refractivity contribution in [1.82, 2.24) is 10.2 Å². The molecule has 1 unspecified atom stereocenters. The number of hydrogen-bond acceptors (Lipinski definition) is 3. The van der Waals surface area contributed by atoms with E-state index in [1.165, 1.54) is 0 Å². The standard InChI is InChI=1S/C15H24FN3/c1-4-17-10-13-5-6-15(14(16)9-13)19-8-7-18(3)12(2)11-19/h5-6,9,12,17H,4,7-8,10-11H2,1-3H3. The minimum absolute atomic E-state index is 0.104. The first-order valence-corrected chi connectivity index (χ1v) is 7.06. The van der Waals surface area contributed by atoms with Crippen molar-refractivity contribution < 1.29 is 4.39 Å². The molecule has 106 valence electrons. The van der Waals surface area contributed by atoms with Gasteiger partial charge in [0.2, 0.25) is 0 Å². The van der Waals surface area contributed by atoms with E-state index >= 15 is 0 Å². The number of hydrogen-bond donors (Lipinski definition) is 1. The molecular formula is C15H24FN3. The molecule has 1 fully saturated rings. The van der Waals surface area contributed by atoms with Crippen LogP contribution in [0.25, 0.3) is 0 Å². The fraction of sp³-hybridized carbons (Fsp3) is 0.600. The first-order valence-electron chi connectivity index (χ1n) is 7.06. The molecule has 1 saturated heterocycles. The minimum atomic E-state index is -0.104.